The molecule has 2 aromatic carbocycles. The minimum atomic E-state index is -5.01. The van der Waals surface area contributed by atoms with Gasteiger partial charge in [0, 0.05) is 32.0 Å². The molecule has 0 radical (unpaired) electrons. The van der Waals surface area contributed by atoms with E-state index in [4.69, 9.17) is 0 Å². The maximum Gasteiger partial charge on any atom is 0.416 e. The number of aliphatic carboxylic acids is 1. The van der Waals surface area contributed by atoms with Crippen molar-refractivity contribution in [2.24, 2.45) is 5.92 Å². The van der Waals surface area contributed by atoms with E-state index in [0.717, 1.165) is 4.90 Å². The van der Waals surface area contributed by atoms with Crippen LogP contribution in [0.15, 0.2) is 36.4 Å². The van der Waals surface area contributed by atoms with Gasteiger partial charge in [-0.05, 0) is 66.9 Å². The number of piperidine rings is 1. The Labute approximate surface area is 208 Å². The number of carboxylic acid groups (broad SMARTS) is 1. The number of carbonyl (C=O) groups excluding carboxylic acids is 1. The summed E-state index contributed by atoms with van der Waals surface area (Å²) >= 11 is 0. The Morgan fingerprint density at radius 2 is 1.62 bits per heavy atom. The van der Waals surface area contributed by atoms with Crippen LogP contribution >= 0.6 is 0 Å². The van der Waals surface area contributed by atoms with Crippen LogP contribution in [0.4, 0.5) is 30.7 Å². The maximum atomic E-state index is 13.7. The Morgan fingerprint density at radius 1 is 1.03 bits per heavy atom. The van der Waals surface area contributed by atoms with E-state index < -0.39 is 59.6 Å². The van der Waals surface area contributed by atoms with Gasteiger partial charge in [0.25, 0.3) is 0 Å². The normalized spacial score (nSPS) is 19.1. The molecule has 0 bridgehead atoms. The fourth-order valence-corrected chi connectivity index (χ4v) is 4.77. The molecular formula is C25H25F7N2O3. The smallest absolute Gasteiger partial charge is 0.416 e. The quantitative estimate of drug-likeness (QED) is 0.510. The van der Waals surface area contributed by atoms with Crippen molar-refractivity contribution in [3.63, 3.8) is 0 Å². The van der Waals surface area contributed by atoms with Crippen LogP contribution in [0, 0.1) is 18.7 Å². The lowest BCUT2D eigenvalue weighted by Gasteiger charge is -2.39. The summed E-state index contributed by atoms with van der Waals surface area (Å²) in [6.07, 6.45) is -9.82. The van der Waals surface area contributed by atoms with E-state index in [1.54, 1.807) is 11.8 Å². The van der Waals surface area contributed by atoms with Crippen LogP contribution in [0.2, 0.25) is 0 Å². The Morgan fingerprint density at radius 3 is 2.14 bits per heavy atom. The molecule has 2 atom stereocenters. The highest BCUT2D eigenvalue weighted by Crippen LogP contribution is 2.38. The van der Waals surface area contributed by atoms with Gasteiger partial charge in [0.1, 0.15) is 5.82 Å². The first kappa shape index (κ1) is 28.4. The molecule has 0 unspecified atom stereocenters. The summed E-state index contributed by atoms with van der Waals surface area (Å²) in [5.41, 5.74) is -2.13. The summed E-state index contributed by atoms with van der Waals surface area (Å²) in [4.78, 5) is 27.3. The highest BCUT2D eigenvalue weighted by molar-refractivity contribution is 5.80. The molecule has 1 N–H and O–H groups in total. The third-order valence-electron chi connectivity index (χ3n) is 6.45. The second-order valence-electron chi connectivity index (χ2n) is 9.24. The third kappa shape index (κ3) is 7.00. The zero-order valence-electron chi connectivity index (χ0n) is 20.0. The predicted octanol–water partition coefficient (Wildman–Crippen LogP) is 5.32. The number of hydrogen-bond acceptors (Lipinski definition) is 3. The van der Waals surface area contributed by atoms with Crippen LogP contribution in [-0.4, -0.2) is 53.5 Å². The first-order chi connectivity index (χ1) is 17.1. The molecule has 1 amide bonds. The van der Waals surface area contributed by atoms with Crippen molar-refractivity contribution in [1.82, 2.24) is 9.80 Å². The molecule has 1 saturated heterocycles. The number of likely N-dealkylation sites (tertiary alicyclic amines) is 1. The van der Waals surface area contributed by atoms with Gasteiger partial charge in [0.15, 0.2) is 0 Å². The zero-order chi connectivity index (χ0) is 27.7. The maximum absolute atomic E-state index is 13.7. The minimum Gasteiger partial charge on any atom is -0.480 e. The summed E-state index contributed by atoms with van der Waals surface area (Å²) in [6, 6.07) is 5.17. The van der Waals surface area contributed by atoms with Gasteiger partial charge in [0.2, 0.25) is 5.91 Å². The Balaban J connectivity index is 1.91. The van der Waals surface area contributed by atoms with Gasteiger partial charge in [0.05, 0.1) is 17.7 Å². The summed E-state index contributed by atoms with van der Waals surface area (Å²) < 4.78 is 93.1. The predicted molar refractivity (Wildman–Crippen MR) is 119 cm³/mol. The highest BCUT2D eigenvalue weighted by Gasteiger charge is 2.39. The summed E-state index contributed by atoms with van der Waals surface area (Å²) in [6.45, 7) is 1.26. The zero-order valence-corrected chi connectivity index (χ0v) is 20.0. The van der Waals surface area contributed by atoms with E-state index in [-0.39, 0.29) is 37.7 Å². The molecule has 202 valence electrons. The lowest BCUT2D eigenvalue weighted by atomic mass is 9.78. The van der Waals surface area contributed by atoms with Crippen molar-refractivity contribution >= 4 is 11.9 Å². The number of carboxylic acids is 1. The Hall–Kier alpha value is -3.15. The number of alkyl halides is 6. The molecule has 0 spiro atoms. The van der Waals surface area contributed by atoms with Crippen molar-refractivity contribution in [3.8, 4) is 0 Å². The van der Waals surface area contributed by atoms with Crippen molar-refractivity contribution < 1.29 is 45.4 Å². The molecule has 0 aliphatic carbocycles. The molecule has 2 aromatic rings. The van der Waals surface area contributed by atoms with Crippen LogP contribution < -0.4 is 0 Å². The number of benzene rings is 2. The van der Waals surface area contributed by atoms with Crippen LogP contribution in [0.25, 0.3) is 0 Å². The molecule has 1 aliphatic heterocycles. The molecular weight excluding hydrogens is 509 g/mol. The van der Waals surface area contributed by atoms with E-state index in [1.807, 2.05) is 0 Å². The standard InChI is InChI=1S/C25H25F7N2O3/c1-14-7-18(26)3-4-19(14)21-12-34(13-22(35)36)6-5-20(21)23(37)33(2)11-15-8-16(24(27,28)29)10-17(9-15)25(30,31)32/h3-4,7-10,20-21H,5-6,11-13H2,1-2H3,(H,35,36)/t20-,21+/m1/s1. The molecule has 0 aromatic heterocycles. The fourth-order valence-electron chi connectivity index (χ4n) is 4.77. The van der Waals surface area contributed by atoms with E-state index in [2.05, 4.69) is 0 Å². The van der Waals surface area contributed by atoms with Gasteiger partial charge < -0.3 is 10.0 Å². The molecule has 1 heterocycles. The largest absolute Gasteiger partial charge is 0.480 e. The van der Waals surface area contributed by atoms with E-state index in [1.165, 1.54) is 25.2 Å². The van der Waals surface area contributed by atoms with Crippen molar-refractivity contribution in [2.75, 3.05) is 26.7 Å². The van der Waals surface area contributed by atoms with Crippen molar-refractivity contribution in [3.05, 3.63) is 70.0 Å². The van der Waals surface area contributed by atoms with Gasteiger partial charge in [-0.2, -0.15) is 26.3 Å². The van der Waals surface area contributed by atoms with Gasteiger partial charge in [-0.15, -0.1) is 0 Å². The lowest BCUT2D eigenvalue weighted by molar-refractivity contribution is -0.143. The number of carbonyl (C=O) groups is 2. The van der Waals surface area contributed by atoms with E-state index in [0.29, 0.717) is 23.3 Å². The van der Waals surface area contributed by atoms with Crippen molar-refractivity contribution in [2.45, 2.75) is 38.2 Å². The number of aryl methyl sites for hydroxylation is 1. The first-order valence-corrected chi connectivity index (χ1v) is 11.3. The Kier molecular flexibility index (Phi) is 8.21. The average molecular weight is 534 g/mol. The topological polar surface area (TPSA) is 60.9 Å². The average Bonchev–Trinajstić information content (AvgIpc) is 2.77. The van der Waals surface area contributed by atoms with Gasteiger partial charge >= 0.3 is 18.3 Å². The van der Waals surface area contributed by atoms with Crippen molar-refractivity contribution in [1.29, 1.82) is 0 Å². The minimum absolute atomic E-state index is 0.0246. The van der Waals surface area contributed by atoms with E-state index in [9.17, 15) is 45.4 Å². The van der Waals surface area contributed by atoms with Gasteiger partial charge in [-0.25, -0.2) is 4.39 Å². The van der Waals surface area contributed by atoms with Gasteiger partial charge in [-0.1, -0.05) is 6.07 Å². The third-order valence-corrected chi connectivity index (χ3v) is 6.45. The SMILES string of the molecule is Cc1cc(F)ccc1[C@@H]1CN(CC(=O)O)CC[C@H]1C(=O)N(C)Cc1cc(C(F)(F)F)cc(C(F)(F)F)c1. The summed E-state index contributed by atoms with van der Waals surface area (Å²) in [5, 5.41) is 9.17. The second-order valence-corrected chi connectivity index (χ2v) is 9.24. The summed E-state index contributed by atoms with van der Waals surface area (Å²) in [7, 11) is 1.29. The number of nitrogens with zero attached hydrogens (tertiary/aromatic N) is 2. The molecule has 12 heteroatoms. The molecule has 5 nitrogen and oxygen atoms in total. The molecule has 0 saturated carbocycles. The van der Waals surface area contributed by atoms with Crippen LogP contribution in [0.1, 0.15) is 40.2 Å². The highest BCUT2D eigenvalue weighted by atomic mass is 19.4. The molecule has 3 rings (SSSR count). The Bertz CT molecular complexity index is 1130. The summed E-state index contributed by atoms with van der Waals surface area (Å²) in [5.74, 6) is -3.39. The second kappa shape index (κ2) is 10.7. The number of amides is 1. The van der Waals surface area contributed by atoms with Crippen LogP contribution in [0.3, 0.4) is 0 Å². The lowest BCUT2D eigenvalue weighted by Crippen LogP contribution is -2.47. The van der Waals surface area contributed by atoms with E-state index >= 15 is 0 Å². The monoisotopic (exact) mass is 534 g/mol. The number of hydrogen-bond donors (Lipinski definition) is 1. The molecule has 37 heavy (non-hydrogen) atoms. The van der Waals surface area contributed by atoms with Crippen LogP contribution in [0.5, 0.6) is 0 Å². The van der Waals surface area contributed by atoms with Gasteiger partial charge in [-0.3, -0.25) is 14.5 Å². The number of halogens is 7. The molecule has 1 aliphatic rings. The molecule has 1 fully saturated rings. The fraction of sp³-hybridized carbons (Fsp3) is 0.440. The first-order valence-electron chi connectivity index (χ1n) is 11.3. The number of rotatable bonds is 6. The van der Waals surface area contributed by atoms with Crippen LogP contribution in [-0.2, 0) is 28.5 Å².